The maximum atomic E-state index is 12.0. The van der Waals surface area contributed by atoms with E-state index in [2.05, 4.69) is 33.0 Å². The van der Waals surface area contributed by atoms with Gasteiger partial charge in [0.05, 0.1) is 77.4 Å². The highest BCUT2D eigenvalue weighted by molar-refractivity contribution is 5.87. The second kappa shape index (κ2) is 20.5. The molecule has 0 bridgehead atoms. The summed E-state index contributed by atoms with van der Waals surface area (Å²) in [5.74, 6) is -0.457. The SMILES string of the molecule is COC(=O)c1cccc(CN2CCOCCOCCN(C(c3ccc(C(OO)C(C)(C)C)cc3)c3cccc(C)n3)CCOCCOCC2)n1. The number of aryl methyl sites for hydroxylation is 1. The van der Waals surface area contributed by atoms with Crippen molar-refractivity contribution in [3.05, 3.63) is 94.6 Å². The molecule has 50 heavy (non-hydrogen) atoms. The van der Waals surface area contributed by atoms with Gasteiger partial charge in [-0.05, 0) is 47.7 Å². The van der Waals surface area contributed by atoms with Crippen LogP contribution in [0.1, 0.15) is 71.6 Å². The molecule has 3 aromatic rings. The molecular formula is C38H54N4O8. The third-order valence-electron chi connectivity index (χ3n) is 8.48. The van der Waals surface area contributed by atoms with Crippen LogP contribution >= 0.6 is 0 Å². The van der Waals surface area contributed by atoms with Crippen LogP contribution in [-0.4, -0.2) is 117 Å². The Morgan fingerprint density at radius 1 is 0.780 bits per heavy atom. The Labute approximate surface area is 296 Å². The Morgan fingerprint density at radius 3 is 1.88 bits per heavy atom. The predicted molar refractivity (Wildman–Crippen MR) is 189 cm³/mol. The smallest absolute Gasteiger partial charge is 0.356 e. The van der Waals surface area contributed by atoms with Crippen LogP contribution < -0.4 is 0 Å². The zero-order valence-electron chi connectivity index (χ0n) is 30.2. The first kappa shape index (κ1) is 39.5. The zero-order chi connectivity index (χ0) is 35.8. The molecule has 2 aromatic heterocycles. The molecule has 1 aliphatic rings. The molecule has 1 N–H and O–H groups in total. The number of carbonyl (C=O) groups excluding carboxylic acids is 1. The van der Waals surface area contributed by atoms with Gasteiger partial charge in [-0.25, -0.2) is 14.7 Å². The molecule has 2 atom stereocenters. The molecule has 12 nitrogen and oxygen atoms in total. The number of benzene rings is 1. The fourth-order valence-corrected chi connectivity index (χ4v) is 5.91. The number of rotatable bonds is 8. The van der Waals surface area contributed by atoms with E-state index in [1.165, 1.54) is 7.11 Å². The zero-order valence-corrected chi connectivity index (χ0v) is 30.2. The fourth-order valence-electron chi connectivity index (χ4n) is 5.91. The number of hydrogen-bond acceptors (Lipinski definition) is 12. The minimum atomic E-state index is -0.458. The van der Waals surface area contributed by atoms with E-state index in [1.54, 1.807) is 6.07 Å². The van der Waals surface area contributed by atoms with Gasteiger partial charge >= 0.3 is 5.97 Å². The molecule has 3 heterocycles. The summed E-state index contributed by atoms with van der Waals surface area (Å²) in [6.45, 7) is 15.2. The van der Waals surface area contributed by atoms with Crippen molar-refractivity contribution in [1.29, 1.82) is 0 Å². The molecule has 0 amide bonds. The second-order valence-electron chi connectivity index (χ2n) is 13.4. The lowest BCUT2D eigenvalue weighted by Crippen LogP contribution is -2.36. The third-order valence-corrected chi connectivity index (χ3v) is 8.48. The Balaban J connectivity index is 1.42. The fraction of sp³-hybridized carbons (Fsp3) is 0.553. The van der Waals surface area contributed by atoms with Crippen LogP contribution in [0.3, 0.4) is 0 Å². The van der Waals surface area contributed by atoms with E-state index < -0.39 is 12.1 Å². The molecule has 0 spiro atoms. The summed E-state index contributed by atoms with van der Waals surface area (Å²) in [7, 11) is 1.35. The number of ether oxygens (including phenoxy) is 5. The minimum absolute atomic E-state index is 0.147. The van der Waals surface area contributed by atoms with Gasteiger partial charge in [0, 0.05) is 38.4 Å². The molecule has 2 unspecified atom stereocenters. The molecule has 1 saturated heterocycles. The highest BCUT2D eigenvalue weighted by Crippen LogP contribution is 2.36. The van der Waals surface area contributed by atoms with Gasteiger partial charge in [0.2, 0.25) is 0 Å². The van der Waals surface area contributed by atoms with Gasteiger partial charge < -0.3 is 23.7 Å². The van der Waals surface area contributed by atoms with Crippen LogP contribution in [0, 0.1) is 12.3 Å². The average Bonchev–Trinajstić information content (AvgIpc) is 3.10. The van der Waals surface area contributed by atoms with Crippen LogP contribution in [0.5, 0.6) is 0 Å². The van der Waals surface area contributed by atoms with E-state index in [0.29, 0.717) is 85.6 Å². The van der Waals surface area contributed by atoms with Crippen molar-refractivity contribution < 1.29 is 38.6 Å². The van der Waals surface area contributed by atoms with E-state index >= 15 is 0 Å². The van der Waals surface area contributed by atoms with Crippen molar-refractivity contribution in [3.8, 4) is 0 Å². The van der Waals surface area contributed by atoms with Crippen LogP contribution in [0.15, 0.2) is 60.7 Å². The van der Waals surface area contributed by atoms with E-state index in [0.717, 1.165) is 28.2 Å². The number of esters is 1. The molecule has 1 aromatic carbocycles. The Morgan fingerprint density at radius 2 is 1.34 bits per heavy atom. The van der Waals surface area contributed by atoms with E-state index in [-0.39, 0.29) is 17.2 Å². The number of methoxy groups -OCH3 is 1. The monoisotopic (exact) mass is 694 g/mol. The second-order valence-corrected chi connectivity index (χ2v) is 13.4. The number of carbonyl (C=O) groups is 1. The Hall–Kier alpha value is -3.33. The van der Waals surface area contributed by atoms with Gasteiger partial charge in [-0.1, -0.05) is 57.2 Å². The van der Waals surface area contributed by atoms with Gasteiger partial charge in [0.15, 0.2) is 0 Å². The van der Waals surface area contributed by atoms with E-state index in [4.69, 9.17) is 33.6 Å². The maximum Gasteiger partial charge on any atom is 0.356 e. The molecule has 4 rings (SSSR count). The molecule has 0 saturated carbocycles. The lowest BCUT2D eigenvalue weighted by atomic mass is 9.84. The molecular weight excluding hydrogens is 640 g/mol. The van der Waals surface area contributed by atoms with Gasteiger partial charge in [0.25, 0.3) is 0 Å². The molecule has 1 aliphatic heterocycles. The van der Waals surface area contributed by atoms with Crippen molar-refractivity contribution in [3.63, 3.8) is 0 Å². The first-order valence-corrected chi connectivity index (χ1v) is 17.3. The van der Waals surface area contributed by atoms with Gasteiger partial charge in [-0.2, -0.15) is 0 Å². The van der Waals surface area contributed by atoms with Crippen molar-refractivity contribution in [2.45, 2.75) is 46.4 Å². The number of pyridine rings is 2. The quantitative estimate of drug-likeness (QED) is 0.191. The topological polar surface area (TPSA) is 125 Å². The number of hydrogen-bond donors (Lipinski definition) is 1. The summed E-state index contributed by atoms with van der Waals surface area (Å²) < 4.78 is 28.8. The molecule has 12 heteroatoms. The molecule has 0 aliphatic carbocycles. The van der Waals surface area contributed by atoms with Crippen LogP contribution in [0.25, 0.3) is 0 Å². The molecule has 274 valence electrons. The lowest BCUT2D eigenvalue weighted by Gasteiger charge is -2.33. The van der Waals surface area contributed by atoms with Crippen LogP contribution in [0.4, 0.5) is 0 Å². The van der Waals surface area contributed by atoms with Crippen molar-refractivity contribution in [2.75, 3.05) is 86.1 Å². The first-order chi connectivity index (χ1) is 24.2. The first-order valence-electron chi connectivity index (χ1n) is 17.3. The van der Waals surface area contributed by atoms with Crippen molar-refractivity contribution in [2.24, 2.45) is 5.41 Å². The summed E-state index contributed by atoms with van der Waals surface area (Å²) in [6.07, 6.45) is -0.458. The summed E-state index contributed by atoms with van der Waals surface area (Å²) in [4.78, 5) is 30.8. The summed E-state index contributed by atoms with van der Waals surface area (Å²) in [6, 6.07) is 19.5. The minimum Gasteiger partial charge on any atom is -0.464 e. The number of aromatic nitrogens is 2. The largest absolute Gasteiger partial charge is 0.464 e. The summed E-state index contributed by atoms with van der Waals surface area (Å²) in [5.41, 5.74) is 4.63. The molecule has 0 radical (unpaired) electrons. The number of nitrogens with zero attached hydrogens (tertiary/aromatic N) is 4. The van der Waals surface area contributed by atoms with Crippen molar-refractivity contribution in [1.82, 2.24) is 19.8 Å². The van der Waals surface area contributed by atoms with Crippen LogP contribution in [-0.2, 0) is 35.1 Å². The van der Waals surface area contributed by atoms with Crippen LogP contribution in [0.2, 0.25) is 0 Å². The van der Waals surface area contributed by atoms with Gasteiger partial charge in [-0.15, -0.1) is 0 Å². The molecule has 1 fully saturated rings. The standard InChI is InChI=1S/C38H54N4O8/c1-29-8-6-10-33(39-29)35(30-12-14-31(15-13-30)36(50-44)38(2,3)4)42-18-22-48-26-24-46-20-16-41(17-21-47-25-27-49-23-19-42)28-32-9-7-11-34(40-32)37(43)45-5/h6-15,35-36,44H,16-28H2,1-5H3. The normalized spacial score (nSPS) is 18.4. The maximum absolute atomic E-state index is 12.0. The lowest BCUT2D eigenvalue weighted by molar-refractivity contribution is -0.303. The Bertz CT molecular complexity index is 1410. The Kier molecular flexibility index (Phi) is 16.2. The third kappa shape index (κ3) is 12.5. The van der Waals surface area contributed by atoms with Gasteiger partial charge in [-0.3, -0.25) is 20.0 Å². The predicted octanol–water partition coefficient (Wildman–Crippen LogP) is 5.12. The van der Waals surface area contributed by atoms with E-state index in [1.807, 2.05) is 64.1 Å². The summed E-state index contributed by atoms with van der Waals surface area (Å²) >= 11 is 0. The van der Waals surface area contributed by atoms with Gasteiger partial charge in [0.1, 0.15) is 11.8 Å². The summed E-state index contributed by atoms with van der Waals surface area (Å²) in [5, 5.41) is 9.67. The average molecular weight is 695 g/mol. The van der Waals surface area contributed by atoms with Crippen molar-refractivity contribution >= 4 is 5.97 Å². The van der Waals surface area contributed by atoms with E-state index in [9.17, 15) is 10.1 Å². The highest BCUT2D eigenvalue weighted by Gasteiger charge is 2.29. The highest BCUT2D eigenvalue weighted by atomic mass is 17.1.